The Labute approximate surface area is 119 Å². The third kappa shape index (κ3) is 2.39. The SMILES string of the molecule is NC(COc1ccc(F)c2c1CC(=O)N2)c1cccs1. The van der Waals surface area contributed by atoms with Gasteiger partial charge >= 0.3 is 0 Å². The number of thiophene rings is 1. The second-order valence-corrected chi connectivity index (χ2v) is 5.54. The molecule has 1 aliphatic rings. The number of nitrogens with two attached hydrogens (primary N) is 1. The van der Waals surface area contributed by atoms with E-state index in [1.54, 1.807) is 11.3 Å². The van der Waals surface area contributed by atoms with E-state index in [-0.39, 0.29) is 30.7 Å². The van der Waals surface area contributed by atoms with E-state index >= 15 is 0 Å². The largest absolute Gasteiger partial charge is 0.491 e. The number of hydrogen-bond donors (Lipinski definition) is 2. The van der Waals surface area contributed by atoms with Crippen LogP contribution in [0.2, 0.25) is 0 Å². The van der Waals surface area contributed by atoms with Crippen LogP contribution in [0.15, 0.2) is 29.6 Å². The molecule has 0 spiro atoms. The molecule has 0 fully saturated rings. The van der Waals surface area contributed by atoms with Crippen LogP contribution in [0, 0.1) is 5.82 Å². The van der Waals surface area contributed by atoms with Crippen molar-refractivity contribution in [1.82, 2.24) is 0 Å². The fourth-order valence-electron chi connectivity index (χ4n) is 2.15. The van der Waals surface area contributed by atoms with E-state index in [9.17, 15) is 9.18 Å². The number of carbonyl (C=O) groups is 1. The number of hydrogen-bond acceptors (Lipinski definition) is 4. The van der Waals surface area contributed by atoms with E-state index in [0.29, 0.717) is 11.3 Å². The van der Waals surface area contributed by atoms with Crippen molar-refractivity contribution in [3.63, 3.8) is 0 Å². The molecule has 1 amide bonds. The lowest BCUT2D eigenvalue weighted by molar-refractivity contribution is -0.115. The van der Waals surface area contributed by atoms with Gasteiger partial charge in [0.15, 0.2) is 0 Å². The van der Waals surface area contributed by atoms with E-state index in [1.165, 1.54) is 12.1 Å². The third-order valence-corrected chi connectivity index (χ3v) is 4.15. The standard InChI is InChI=1S/C14H13FN2O2S/c15-9-3-4-11(8-6-13(18)17-14(8)9)19-7-10(16)12-2-1-5-20-12/h1-5,10H,6-7,16H2,(H,17,18). The highest BCUT2D eigenvalue weighted by atomic mass is 32.1. The summed E-state index contributed by atoms with van der Waals surface area (Å²) in [6.45, 7) is 0.285. The molecule has 1 atom stereocenters. The molecular weight excluding hydrogens is 279 g/mol. The summed E-state index contributed by atoms with van der Waals surface area (Å²) in [5.74, 6) is -0.162. The Morgan fingerprint density at radius 3 is 3.05 bits per heavy atom. The third-order valence-electron chi connectivity index (χ3n) is 3.15. The summed E-state index contributed by atoms with van der Waals surface area (Å²) >= 11 is 1.56. The highest BCUT2D eigenvalue weighted by Crippen LogP contribution is 2.34. The van der Waals surface area contributed by atoms with Gasteiger partial charge in [0.1, 0.15) is 18.2 Å². The van der Waals surface area contributed by atoms with E-state index in [2.05, 4.69) is 5.32 Å². The molecule has 0 aliphatic carbocycles. The summed E-state index contributed by atoms with van der Waals surface area (Å²) in [5, 5.41) is 4.45. The molecule has 20 heavy (non-hydrogen) atoms. The van der Waals surface area contributed by atoms with Crippen LogP contribution < -0.4 is 15.8 Å². The van der Waals surface area contributed by atoms with Gasteiger partial charge in [-0.15, -0.1) is 11.3 Å². The van der Waals surface area contributed by atoms with Gasteiger partial charge in [0.05, 0.1) is 18.2 Å². The summed E-state index contributed by atoms with van der Waals surface area (Å²) in [6.07, 6.45) is 0.136. The van der Waals surface area contributed by atoms with Gasteiger partial charge in [-0.2, -0.15) is 0 Å². The number of benzene rings is 1. The summed E-state index contributed by atoms with van der Waals surface area (Å²) in [5.41, 5.74) is 6.80. The quantitative estimate of drug-likeness (QED) is 0.910. The van der Waals surface area contributed by atoms with Crippen molar-refractivity contribution in [2.45, 2.75) is 12.5 Å². The van der Waals surface area contributed by atoms with Crippen LogP contribution in [0.25, 0.3) is 0 Å². The number of carbonyl (C=O) groups excluding carboxylic acids is 1. The molecule has 6 heteroatoms. The first-order chi connectivity index (χ1) is 9.65. The van der Waals surface area contributed by atoms with Crippen molar-refractivity contribution >= 4 is 22.9 Å². The molecule has 0 bridgehead atoms. The van der Waals surface area contributed by atoms with Gasteiger partial charge in [-0.1, -0.05) is 6.07 Å². The topological polar surface area (TPSA) is 64.3 Å². The highest BCUT2D eigenvalue weighted by molar-refractivity contribution is 7.10. The molecule has 0 saturated heterocycles. The number of fused-ring (bicyclic) bond motifs is 1. The molecule has 1 aliphatic heterocycles. The van der Waals surface area contributed by atoms with E-state index in [0.717, 1.165) is 4.88 Å². The first-order valence-electron chi connectivity index (χ1n) is 6.18. The summed E-state index contributed by atoms with van der Waals surface area (Å²) in [7, 11) is 0. The van der Waals surface area contributed by atoms with Crippen LogP contribution in [-0.2, 0) is 11.2 Å². The Balaban J connectivity index is 1.76. The zero-order chi connectivity index (χ0) is 14.1. The van der Waals surface area contributed by atoms with E-state index in [1.807, 2.05) is 17.5 Å². The number of ether oxygens (including phenoxy) is 1. The second kappa shape index (κ2) is 5.22. The molecule has 0 radical (unpaired) electrons. The smallest absolute Gasteiger partial charge is 0.229 e. The lowest BCUT2D eigenvalue weighted by atomic mass is 10.1. The number of rotatable bonds is 4. The zero-order valence-corrected chi connectivity index (χ0v) is 11.4. The summed E-state index contributed by atoms with van der Waals surface area (Å²) in [6, 6.07) is 6.46. The van der Waals surface area contributed by atoms with Gasteiger partial charge in [0, 0.05) is 10.4 Å². The van der Waals surface area contributed by atoms with E-state index in [4.69, 9.17) is 10.5 Å². The predicted octanol–water partition coefficient (Wildman–Crippen LogP) is 2.46. The van der Waals surface area contributed by atoms with Crippen LogP contribution in [0.5, 0.6) is 5.75 Å². The van der Waals surface area contributed by atoms with Gasteiger partial charge in [-0.05, 0) is 23.6 Å². The Morgan fingerprint density at radius 2 is 2.30 bits per heavy atom. The number of anilines is 1. The maximum Gasteiger partial charge on any atom is 0.229 e. The molecule has 4 nitrogen and oxygen atoms in total. The Kier molecular flexibility index (Phi) is 3.42. The highest BCUT2D eigenvalue weighted by Gasteiger charge is 2.25. The minimum Gasteiger partial charge on any atom is -0.491 e. The molecule has 1 aromatic heterocycles. The van der Waals surface area contributed by atoms with Crippen molar-refractivity contribution in [2.24, 2.45) is 5.73 Å². The Morgan fingerprint density at radius 1 is 1.45 bits per heavy atom. The van der Waals surface area contributed by atoms with Gasteiger partial charge in [0.2, 0.25) is 5.91 Å². The van der Waals surface area contributed by atoms with Crippen molar-refractivity contribution in [3.05, 3.63) is 45.9 Å². The molecule has 2 heterocycles. The summed E-state index contributed by atoms with van der Waals surface area (Å²) in [4.78, 5) is 12.4. The maximum absolute atomic E-state index is 13.6. The van der Waals surface area contributed by atoms with Crippen LogP contribution in [0.1, 0.15) is 16.5 Å². The zero-order valence-electron chi connectivity index (χ0n) is 10.6. The fraction of sp³-hybridized carbons (Fsp3) is 0.214. The van der Waals surface area contributed by atoms with Crippen molar-refractivity contribution in [1.29, 1.82) is 0 Å². The van der Waals surface area contributed by atoms with Crippen LogP contribution >= 0.6 is 11.3 Å². The fourth-order valence-corrected chi connectivity index (χ4v) is 2.87. The van der Waals surface area contributed by atoms with Gasteiger partial charge in [0.25, 0.3) is 0 Å². The van der Waals surface area contributed by atoms with Crippen LogP contribution in [0.4, 0.5) is 10.1 Å². The monoisotopic (exact) mass is 292 g/mol. The molecule has 104 valence electrons. The lowest BCUT2D eigenvalue weighted by Gasteiger charge is -2.14. The number of halogens is 1. The maximum atomic E-state index is 13.6. The molecule has 1 unspecified atom stereocenters. The lowest BCUT2D eigenvalue weighted by Crippen LogP contribution is -2.18. The van der Waals surface area contributed by atoms with Gasteiger partial charge in [-0.25, -0.2) is 4.39 Å². The molecule has 3 rings (SSSR count). The molecule has 1 aromatic carbocycles. The molecule has 3 N–H and O–H groups in total. The Bertz CT molecular complexity index is 643. The van der Waals surface area contributed by atoms with Gasteiger partial charge < -0.3 is 15.8 Å². The first-order valence-corrected chi connectivity index (χ1v) is 7.06. The number of nitrogens with one attached hydrogen (secondary N) is 1. The molecule has 0 saturated carbocycles. The average Bonchev–Trinajstić information content (AvgIpc) is 3.06. The van der Waals surface area contributed by atoms with Crippen molar-refractivity contribution in [2.75, 3.05) is 11.9 Å². The van der Waals surface area contributed by atoms with Gasteiger partial charge in [-0.3, -0.25) is 4.79 Å². The average molecular weight is 292 g/mol. The normalized spacial score (nSPS) is 14.8. The summed E-state index contributed by atoms with van der Waals surface area (Å²) < 4.78 is 19.2. The minimum atomic E-state index is -0.444. The molecular formula is C14H13FN2O2S. The first kappa shape index (κ1) is 13.1. The number of amides is 1. The molecule has 2 aromatic rings. The van der Waals surface area contributed by atoms with E-state index < -0.39 is 5.82 Å². The Hall–Kier alpha value is -1.92. The minimum absolute atomic E-state index is 0.136. The second-order valence-electron chi connectivity index (χ2n) is 4.56. The predicted molar refractivity (Wildman–Crippen MR) is 75.5 cm³/mol. The van der Waals surface area contributed by atoms with Crippen LogP contribution in [0.3, 0.4) is 0 Å². The van der Waals surface area contributed by atoms with Crippen molar-refractivity contribution < 1.29 is 13.9 Å². The van der Waals surface area contributed by atoms with Crippen LogP contribution in [-0.4, -0.2) is 12.5 Å². The van der Waals surface area contributed by atoms with Crippen molar-refractivity contribution in [3.8, 4) is 5.75 Å².